The Labute approximate surface area is 185 Å². The first-order valence-electron chi connectivity index (χ1n) is 9.85. The van der Waals surface area contributed by atoms with E-state index >= 15 is 0 Å². The fourth-order valence-electron chi connectivity index (χ4n) is 2.68. The van der Waals surface area contributed by atoms with Gasteiger partial charge in [-0.25, -0.2) is 0 Å². The fourth-order valence-corrected chi connectivity index (χ4v) is 3.38. The average molecular weight is 443 g/mol. The summed E-state index contributed by atoms with van der Waals surface area (Å²) in [7, 11) is 0. The van der Waals surface area contributed by atoms with Gasteiger partial charge in [0.1, 0.15) is 13.2 Å². The molecule has 2 N–H and O–H groups in total. The summed E-state index contributed by atoms with van der Waals surface area (Å²) in [6.45, 7) is 1.03. The van der Waals surface area contributed by atoms with Gasteiger partial charge in [0.05, 0.1) is 12.5 Å². The fraction of sp³-hybridized carbons (Fsp3) is 0.304. The maximum atomic E-state index is 12.6. The molecule has 0 spiro atoms. The Morgan fingerprint density at radius 1 is 0.871 bits per heavy atom. The molecule has 0 heterocycles. The highest BCUT2D eigenvalue weighted by molar-refractivity contribution is 8.13. The summed E-state index contributed by atoms with van der Waals surface area (Å²) in [5.74, 6) is -1.52. The summed E-state index contributed by atoms with van der Waals surface area (Å²) >= 11 is 1.08. The van der Waals surface area contributed by atoms with E-state index in [2.05, 4.69) is 10.6 Å². The minimum atomic E-state index is -0.566. The Morgan fingerprint density at radius 2 is 1.48 bits per heavy atom. The number of carbonyl (C=O) groups excluding carboxylic acids is 4. The molecule has 1 unspecified atom stereocenters. The smallest absolute Gasteiger partial charge is 0.325 e. The highest BCUT2D eigenvalue weighted by atomic mass is 32.2. The number of amides is 2. The van der Waals surface area contributed by atoms with Gasteiger partial charge < -0.3 is 15.4 Å². The third kappa shape index (κ3) is 9.95. The van der Waals surface area contributed by atoms with Crippen LogP contribution in [0.4, 0.5) is 0 Å². The zero-order valence-electron chi connectivity index (χ0n) is 17.3. The molecule has 2 rings (SSSR count). The lowest BCUT2D eigenvalue weighted by atomic mass is 10.0. The summed E-state index contributed by atoms with van der Waals surface area (Å²) in [6, 6.07) is 18.7. The van der Waals surface area contributed by atoms with Crippen LogP contribution in [0.25, 0.3) is 0 Å². The summed E-state index contributed by atoms with van der Waals surface area (Å²) in [5, 5.41) is 4.93. The first-order chi connectivity index (χ1) is 14.9. The maximum Gasteiger partial charge on any atom is 0.325 e. The van der Waals surface area contributed by atoms with Gasteiger partial charge in [0.2, 0.25) is 11.8 Å². The summed E-state index contributed by atoms with van der Waals surface area (Å²) in [6.07, 6.45) is 0.459. The van der Waals surface area contributed by atoms with Gasteiger partial charge in [-0.1, -0.05) is 72.4 Å². The van der Waals surface area contributed by atoms with Crippen molar-refractivity contribution < 1.29 is 23.9 Å². The topological polar surface area (TPSA) is 102 Å². The quantitative estimate of drug-likeness (QED) is 0.517. The Kier molecular flexibility index (Phi) is 10.3. The molecule has 0 aromatic heterocycles. The van der Waals surface area contributed by atoms with E-state index in [0.717, 1.165) is 22.9 Å². The minimum Gasteiger partial charge on any atom is -0.460 e. The number of rotatable bonds is 11. The van der Waals surface area contributed by atoms with Crippen molar-refractivity contribution >= 4 is 34.7 Å². The van der Waals surface area contributed by atoms with Gasteiger partial charge >= 0.3 is 5.97 Å². The van der Waals surface area contributed by atoms with Crippen molar-refractivity contribution in [2.75, 3.05) is 18.8 Å². The monoisotopic (exact) mass is 442 g/mol. The molecular weight excluding hydrogens is 416 g/mol. The Balaban J connectivity index is 1.74. The van der Waals surface area contributed by atoms with Crippen LogP contribution in [-0.2, 0) is 36.9 Å². The predicted octanol–water partition coefficient (Wildman–Crippen LogP) is 2.10. The lowest BCUT2D eigenvalue weighted by Crippen LogP contribution is -2.42. The van der Waals surface area contributed by atoms with Crippen molar-refractivity contribution in [3.05, 3.63) is 71.8 Å². The van der Waals surface area contributed by atoms with Crippen molar-refractivity contribution in [1.29, 1.82) is 0 Å². The van der Waals surface area contributed by atoms with E-state index in [1.807, 2.05) is 60.7 Å². The van der Waals surface area contributed by atoms with E-state index in [9.17, 15) is 19.2 Å². The molecule has 2 aromatic rings. The molecule has 2 aromatic carbocycles. The molecule has 164 valence electrons. The average Bonchev–Trinajstić information content (AvgIpc) is 2.78. The highest BCUT2D eigenvalue weighted by Crippen LogP contribution is 2.15. The van der Waals surface area contributed by atoms with Crippen LogP contribution in [0.15, 0.2) is 60.7 Å². The van der Waals surface area contributed by atoms with Gasteiger partial charge in [-0.2, -0.15) is 0 Å². The van der Waals surface area contributed by atoms with Crippen molar-refractivity contribution in [2.45, 2.75) is 20.0 Å². The number of benzene rings is 2. The number of esters is 1. The SMILES string of the molecule is CC(=O)SCC(Cc1ccccc1)C(=O)NCC(=O)NCC(=O)OCc1ccccc1. The Hall–Kier alpha value is -3.13. The van der Waals surface area contributed by atoms with E-state index < -0.39 is 17.8 Å². The van der Waals surface area contributed by atoms with Gasteiger partial charge in [0.15, 0.2) is 5.12 Å². The van der Waals surface area contributed by atoms with E-state index in [0.29, 0.717) is 12.2 Å². The van der Waals surface area contributed by atoms with Crippen molar-refractivity contribution in [2.24, 2.45) is 5.92 Å². The van der Waals surface area contributed by atoms with Crippen molar-refractivity contribution in [3.8, 4) is 0 Å². The number of carbonyl (C=O) groups is 4. The normalized spacial score (nSPS) is 11.3. The molecule has 0 radical (unpaired) electrons. The highest BCUT2D eigenvalue weighted by Gasteiger charge is 2.20. The van der Waals surface area contributed by atoms with Crippen LogP contribution in [0.2, 0.25) is 0 Å². The Morgan fingerprint density at radius 3 is 2.10 bits per heavy atom. The van der Waals surface area contributed by atoms with Gasteiger partial charge in [0.25, 0.3) is 0 Å². The van der Waals surface area contributed by atoms with Crippen molar-refractivity contribution in [3.63, 3.8) is 0 Å². The predicted molar refractivity (Wildman–Crippen MR) is 119 cm³/mol. The standard InChI is InChI=1S/C23H26N2O5S/c1-17(26)31-16-20(12-18-8-4-2-5-9-18)23(29)25-13-21(27)24-14-22(28)30-15-19-10-6-3-7-11-19/h2-11,20H,12-16H2,1H3,(H,24,27)(H,25,29). The van der Waals surface area contributed by atoms with Crippen LogP contribution < -0.4 is 10.6 Å². The molecule has 0 fully saturated rings. The molecule has 0 aliphatic carbocycles. The molecule has 0 bridgehead atoms. The lowest BCUT2D eigenvalue weighted by molar-refractivity contribution is -0.145. The second kappa shape index (κ2) is 13.2. The van der Waals surface area contributed by atoms with Crippen LogP contribution >= 0.6 is 11.8 Å². The summed E-state index contributed by atoms with van der Waals surface area (Å²) in [4.78, 5) is 47.6. The van der Waals surface area contributed by atoms with E-state index in [1.165, 1.54) is 6.92 Å². The van der Waals surface area contributed by atoms with Crippen LogP contribution in [0.3, 0.4) is 0 Å². The van der Waals surface area contributed by atoms with E-state index in [1.54, 1.807) is 0 Å². The first kappa shape index (κ1) is 24.1. The Bertz CT molecular complexity index is 874. The van der Waals surface area contributed by atoms with Crippen LogP contribution in [0.1, 0.15) is 18.1 Å². The van der Waals surface area contributed by atoms with Crippen molar-refractivity contribution in [1.82, 2.24) is 10.6 Å². The van der Waals surface area contributed by atoms with E-state index in [4.69, 9.17) is 4.74 Å². The molecule has 2 amide bonds. The van der Waals surface area contributed by atoms with Crippen LogP contribution in [0, 0.1) is 5.92 Å². The zero-order valence-corrected chi connectivity index (χ0v) is 18.2. The molecule has 0 aliphatic rings. The third-order valence-corrected chi connectivity index (χ3v) is 5.25. The molecule has 31 heavy (non-hydrogen) atoms. The zero-order chi connectivity index (χ0) is 22.5. The molecule has 0 saturated heterocycles. The molecular formula is C23H26N2O5S. The lowest BCUT2D eigenvalue weighted by Gasteiger charge is -2.16. The first-order valence-corrected chi connectivity index (χ1v) is 10.8. The number of hydrogen-bond acceptors (Lipinski definition) is 6. The largest absolute Gasteiger partial charge is 0.460 e. The summed E-state index contributed by atoms with van der Waals surface area (Å²) < 4.78 is 5.09. The number of nitrogens with one attached hydrogen (secondary N) is 2. The van der Waals surface area contributed by atoms with Gasteiger partial charge in [-0.3, -0.25) is 19.2 Å². The molecule has 8 heteroatoms. The third-order valence-electron chi connectivity index (χ3n) is 4.28. The molecule has 0 aliphatic heterocycles. The second-order valence-electron chi connectivity index (χ2n) is 6.83. The summed E-state index contributed by atoms with van der Waals surface area (Å²) in [5.41, 5.74) is 1.82. The molecule has 7 nitrogen and oxygen atoms in total. The number of ether oxygens (including phenoxy) is 1. The second-order valence-corrected chi connectivity index (χ2v) is 8.03. The van der Waals surface area contributed by atoms with Crippen LogP contribution in [0.5, 0.6) is 0 Å². The number of thioether (sulfide) groups is 1. The molecule has 1 atom stereocenters. The van der Waals surface area contributed by atoms with Gasteiger partial charge in [-0.05, 0) is 17.5 Å². The minimum absolute atomic E-state index is 0.0716. The molecule has 0 saturated carbocycles. The van der Waals surface area contributed by atoms with Gasteiger partial charge in [0, 0.05) is 12.7 Å². The van der Waals surface area contributed by atoms with Gasteiger partial charge in [-0.15, -0.1) is 0 Å². The maximum absolute atomic E-state index is 12.6. The number of hydrogen-bond donors (Lipinski definition) is 2. The van der Waals surface area contributed by atoms with E-state index in [-0.39, 0.29) is 30.7 Å². The van der Waals surface area contributed by atoms with Crippen LogP contribution in [-0.4, -0.2) is 41.7 Å².